The molecule has 5 nitrogen and oxygen atoms in total. The van der Waals surface area contributed by atoms with Gasteiger partial charge in [0.1, 0.15) is 17.1 Å². The van der Waals surface area contributed by atoms with Gasteiger partial charge in [-0.2, -0.15) is 13.2 Å². The highest BCUT2D eigenvalue weighted by atomic mass is 19.4. The second-order valence-corrected chi connectivity index (χ2v) is 8.57. The van der Waals surface area contributed by atoms with Gasteiger partial charge in [-0.3, -0.25) is 4.79 Å². The predicted molar refractivity (Wildman–Crippen MR) is 118 cm³/mol. The average molecular weight is 455 g/mol. The van der Waals surface area contributed by atoms with Crippen LogP contribution < -0.4 is 4.74 Å². The number of nitrogens with one attached hydrogen (secondary N) is 1. The number of rotatable bonds is 2. The summed E-state index contributed by atoms with van der Waals surface area (Å²) >= 11 is 0. The predicted octanol–water partition coefficient (Wildman–Crippen LogP) is 5.69. The Balaban J connectivity index is 1.45. The van der Waals surface area contributed by atoms with Crippen LogP contribution in [0, 0.1) is 6.92 Å². The number of allylic oxidation sites excluding steroid dienone is 1. The summed E-state index contributed by atoms with van der Waals surface area (Å²) in [6.07, 6.45) is 0.125. The summed E-state index contributed by atoms with van der Waals surface area (Å²) in [6.45, 7) is 4.61. The molecule has 8 heteroatoms. The topological polar surface area (TPSA) is 50.3 Å². The van der Waals surface area contributed by atoms with Crippen LogP contribution in [0.25, 0.3) is 11.8 Å². The third-order valence-corrected chi connectivity index (χ3v) is 6.53. The first kappa shape index (κ1) is 21.4. The molecule has 0 aliphatic carbocycles. The molecular formula is C25H24F3N3O2. The van der Waals surface area contributed by atoms with E-state index in [0.29, 0.717) is 48.8 Å². The van der Waals surface area contributed by atoms with Gasteiger partial charge in [0.2, 0.25) is 0 Å². The van der Waals surface area contributed by atoms with Crippen molar-refractivity contribution >= 4 is 12.0 Å². The minimum absolute atomic E-state index is 0.119. The number of H-pyrrole nitrogens is 1. The van der Waals surface area contributed by atoms with Crippen molar-refractivity contribution in [2.45, 2.75) is 38.5 Å². The van der Waals surface area contributed by atoms with E-state index in [2.05, 4.69) is 4.98 Å². The number of nitrogens with zero attached hydrogens (tertiary/aromatic N) is 2. The molecule has 0 saturated carbocycles. The van der Waals surface area contributed by atoms with Crippen LogP contribution in [0.5, 0.6) is 5.75 Å². The molecule has 2 aliphatic heterocycles. The summed E-state index contributed by atoms with van der Waals surface area (Å²) in [6, 6.07) is 11.2. The van der Waals surface area contributed by atoms with Gasteiger partial charge in [0.15, 0.2) is 5.60 Å². The van der Waals surface area contributed by atoms with E-state index >= 15 is 0 Å². The van der Waals surface area contributed by atoms with Crippen molar-refractivity contribution in [2.24, 2.45) is 0 Å². The SMILES string of the molecule is C/C=C\c1[nH]c(C(=O)N2CCC3(CC2)Oc2ccccc2-n2c(C(F)(F)F)ccc23)cc1C. The van der Waals surface area contributed by atoms with E-state index in [4.69, 9.17) is 4.74 Å². The van der Waals surface area contributed by atoms with E-state index in [1.54, 1.807) is 29.2 Å². The number of benzene rings is 1. The van der Waals surface area contributed by atoms with Gasteiger partial charge in [-0.25, -0.2) is 0 Å². The second kappa shape index (κ2) is 7.57. The number of halogens is 3. The minimum atomic E-state index is -4.49. The lowest BCUT2D eigenvalue weighted by molar-refractivity contribution is -0.143. The Hall–Kier alpha value is -3.42. The van der Waals surface area contributed by atoms with E-state index in [1.807, 2.05) is 32.1 Å². The lowest BCUT2D eigenvalue weighted by Crippen LogP contribution is -2.50. The third-order valence-electron chi connectivity index (χ3n) is 6.53. The van der Waals surface area contributed by atoms with Gasteiger partial charge in [0, 0.05) is 31.6 Å². The Bertz CT molecular complexity index is 1240. The molecule has 2 aromatic heterocycles. The maximum Gasteiger partial charge on any atom is 0.431 e. The fourth-order valence-corrected chi connectivity index (χ4v) is 4.89. The highest BCUT2D eigenvalue weighted by Gasteiger charge is 2.48. The number of carbonyl (C=O) groups is 1. The third kappa shape index (κ3) is 3.44. The molecule has 1 N–H and O–H groups in total. The molecule has 0 bridgehead atoms. The molecule has 1 saturated heterocycles. The number of para-hydroxylation sites is 2. The Morgan fingerprint density at radius 1 is 1.15 bits per heavy atom. The Kier molecular flexibility index (Phi) is 4.92. The summed E-state index contributed by atoms with van der Waals surface area (Å²) < 4.78 is 49.0. The van der Waals surface area contributed by atoms with Crippen molar-refractivity contribution in [3.8, 4) is 11.4 Å². The van der Waals surface area contributed by atoms with Crippen LogP contribution in [0.4, 0.5) is 13.2 Å². The molecule has 1 fully saturated rings. The number of amides is 1. The highest BCUT2D eigenvalue weighted by Crippen LogP contribution is 2.48. The molecule has 3 aromatic rings. The Morgan fingerprint density at radius 3 is 2.58 bits per heavy atom. The molecule has 1 amide bonds. The first-order valence-electron chi connectivity index (χ1n) is 10.9. The number of aromatic amines is 1. The summed E-state index contributed by atoms with van der Waals surface area (Å²) in [7, 11) is 0. The Morgan fingerprint density at radius 2 is 1.88 bits per heavy atom. The maximum absolute atomic E-state index is 13.8. The van der Waals surface area contributed by atoms with Crippen molar-refractivity contribution in [1.29, 1.82) is 0 Å². The van der Waals surface area contributed by atoms with Gasteiger partial charge in [0.05, 0.1) is 11.4 Å². The zero-order valence-electron chi connectivity index (χ0n) is 18.4. The summed E-state index contributed by atoms with van der Waals surface area (Å²) in [5.41, 5.74) is 1.60. The largest absolute Gasteiger partial charge is 0.479 e. The molecule has 33 heavy (non-hydrogen) atoms. The van der Waals surface area contributed by atoms with Crippen LogP contribution in [0.3, 0.4) is 0 Å². The van der Waals surface area contributed by atoms with Gasteiger partial charge in [-0.05, 0) is 55.8 Å². The quantitative estimate of drug-likeness (QED) is 0.540. The van der Waals surface area contributed by atoms with E-state index in [9.17, 15) is 18.0 Å². The number of fused-ring (bicyclic) bond motifs is 4. The number of likely N-dealkylation sites (tertiary alicyclic amines) is 1. The monoisotopic (exact) mass is 455 g/mol. The molecule has 2 aliphatic rings. The second-order valence-electron chi connectivity index (χ2n) is 8.57. The molecule has 5 rings (SSSR count). The van der Waals surface area contributed by atoms with Crippen molar-refractivity contribution in [1.82, 2.24) is 14.5 Å². The fourth-order valence-electron chi connectivity index (χ4n) is 4.89. The normalized spacial score (nSPS) is 17.2. The van der Waals surface area contributed by atoms with E-state index in [1.165, 1.54) is 10.6 Å². The molecule has 0 unspecified atom stereocenters. The first-order valence-corrected chi connectivity index (χ1v) is 10.9. The lowest BCUT2D eigenvalue weighted by atomic mass is 9.86. The zero-order valence-corrected chi connectivity index (χ0v) is 18.4. The average Bonchev–Trinajstić information content (AvgIpc) is 3.40. The van der Waals surface area contributed by atoms with Crippen molar-refractivity contribution in [2.75, 3.05) is 13.1 Å². The van der Waals surface area contributed by atoms with Crippen LogP contribution in [-0.2, 0) is 11.8 Å². The molecule has 1 spiro atoms. The van der Waals surface area contributed by atoms with Crippen LogP contribution in [0.2, 0.25) is 0 Å². The fraction of sp³-hybridized carbons (Fsp3) is 0.320. The van der Waals surface area contributed by atoms with Crippen molar-refractivity contribution < 1.29 is 22.7 Å². The van der Waals surface area contributed by atoms with Gasteiger partial charge in [-0.1, -0.05) is 18.2 Å². The number of hydrogen-bond donors (Lipinski definition) is 1. The molecule has 1 aromatic carbocycles. The Labute approximate surface area is 189 Å². The molecular weight excluding hydrogens is 431 g/mol. The number of hydrogen-bond acceptors (Lipinski definition) is 2. The van der Waals surface area contributed by atoms with Crippen LogP contribution in [0.1, 0.15) is 52.9 Å². The van der Waals surface area contributed by atoms with E-state index in [0.717, 1.165) is 17.3 Å². The molecule has 0 atom stereocenters. The summed E-state index contributed by atoms with van der Waals surface area (Å²) in [5.74, 6) is 0.300. The first-order chi connectivity index (χ1) is 15.7. The minimum Gasteiger partial charge on any atom is -0.479 e. The maximum atomic E-state index is 13.8. The van der Waals surface area contributed by atoms with Crippen LogP contribution >= 0.6 is 0 Å². The van der Waals surface area contributed by atoms with Gasteiger partial charge in [-0.15, -0.1) is 0 Å². The molecule has 0 radical (unpaired) electrons. The molecule has 172 valence electrons. The van der Waals surface area contributed by atoms with Gasteiger partial charge >= 0.3 is 6.18 Å². The number of alkyl halides is 3. The number of carbonyl (C=O) groups excluding carboxylic acids is 1. The van der Waals surface area contributed by atoms with Gasteiger partial charge < -0.3 is 19.2 Å². The zero-order chi connectivity index (χ0) is 23.4. The number of aryl methyl sites for hydroxylation is 1. The summed E-state index contributed by atoms with van der Waals surface area (Å²) in [5, 5.41) is 0. The number of piperidine rings is 1. The van der Waals surface area contributed by atoms with Crippen LogP contribution in [0.15, 0.2) is 48.5 Å². The smallest absolute Gasteiger partial charge is 0.431 e. The van der Waals surface area contributed by atoms with E-state index < -0.39 is 17.5 Å². The number of aromatic nitrogens is 2. The summed E-state index contributed by atoms with van der Waals surface area (Å²) in [4.78, 5) is 18.0. The van der Waals surface area contributed by atoms with E-state index in [-0.39, 0.29) is 5.91 Å². The standard InChI is InChI=1S/C25H24F3N3O2/c1-3-6-17-16(2)15-18(29-17)23(32)30-13-11-24(12-14-30)21-9-10-22(25(26,27)28)31(21)19-7-4-5-8-20(19)33-24/h3-10,15,29H,11-14H2,1-2H3/b6-3-. The highest BCUT2D eigenvalue weighted by molar-refractivity contribution is 5.93. The van der Waals surface area contributed by atoms with Gasteiger partial charge in [0.25, 0.3) is 5.91 Å². The molecule has 4 heterocycles. The lowest BCUT2D eigenvalue weighted by Gasteiger charge is -2.45. The van der Waals surface area contributed by atoms with Crippen molar-refractivity contribution in [3.05, 3.63) is 76.9 Å². The van der Waals surface area contributed by atoms with Crippen LogP contribution in [-0.4, -0.2) is 33.4 Å². The van der Waals surface area contributed by atoms with Crippen molar-refractivity contribution in [3.63, 3.8) is 0 Å². The number of ether oxygens (including phenoxy) is 1.